The number of alkyl halides is 1. The summed E-state index contributed by atoms with van der Waals surface area (Å²) in [6.45, 7) is 3.44. The molecule has 0 aliphatic heterocycles. The maximum atomic E-state index is 8.11. The molecule has 0 aliphatic rings. The van der Waals surface area contributed by atoms with Gasteiger partial charge in [0.15, 0.2) is 0 Å². The third-order valence-electron chi connectivity index (χ3n) is 0.453. The van der Waals surface area contributed by atoms with Gasteiger partial charge in [-0.3, -0.25) is 0 Å². The molecule has 2 nitrogen and oxygen atoms in total. The molecule has 0 heterocycles. The van der Waals surface area contributed by atoms with Crippen molar-refractivity contribution in [1.82, 2.24) is 0 Å². The quantitative estimate of drug-likeness (QED) is 0.583. The molecule has 0 aromatic carbocycles. The predicted molar refractivity (Wildman–Crippen MR) is 39.8 cm³/mol. The van der Waals surface area contributed by atoms with Crippen molar-refractivity contribution in [2.75, 3.05) is 12.5 Å². The molecular weight excluding hydrogens is 140 g/mol. The molecule has 1 atom stereocenters. The van der Waals surface area contributed by atoms with E-state index in [-0.39, 0.29) is 6.61 Å². The molecule has 0 spiro atoms. The highest BCUT2D eigenvalue weighted by Gasteiger charge is 1.83. The van der Waals surface area contributed by atoms with E-state index in [1.165, 1.54) is 6.92 Å². The van der Waals surface area contributed by atoms with Gasteiger partial charge in [0.25, 0.3) is 0 Å². The fraction of sp³-hybridized carbons (Fsp3) is 1.00. The van der Waals surface area contributed by atoms with Gasteiger partial charge in [-0.1, -0.05) is 6.92 Å². The molecule has 0 amide bonds. The Labute approximate surface area is 61.5 Å². The number of aliphatic hydroxyl groups is 2. The average molecular weight is 155 g/mol. The molecule has 3 heteroatoms. The number of hydrogen-bond donors (Lipinski definition) is 2. The van der Waals surface area contributed by atoms with E-state index < -0.39 is 6.10 Å². The molecule has 0 saturated carbocycles. The summed E-state index contributed by atoms with van der Waals surface area (Å²) in [6, 6.07) is 0. The van der Waals surface area contributed by atoms with Gasteiger partial charge in [-0.15, -0.1) is 11.6 Å². The Morgan fingerprint density at radius 2 is 1.78 bits per heavy atom. The Morgan fingerprint density at radius 3 is 1.78 bits per heavy atom. The highest BCUT2D eigenvalue weighted by atomic mass is 35.5. The van der Waals surface area contributed by atoms with Gasteiger partial charge in [-0.2, -0.15) is 0 Å². The fourth-order valence-electron chi connectivity index (χ4n) is 0. The van der Waals surface area contributed by atoms with Gasteiger partial charge < -0.3 is 10.2 Å². The van der Waals surface area contributed by atoms with Crippen molar-refractivity contribution < 1.29 is 10.2 Å². The second-order valence-electron chi connectivity index (χ2n) is 1.72. The zero-order valence-electron chi connectivity index (χ0n) is 5.97. The van der Waals surface area contributed by atoms with Gasteiger partial charge in [0.05, 0.1) is 12.7 Å². The van der Waals surface area contributed by atoms with Crippen LogP contribution in [0.25, 0.3) is 0 Å². The lowest BCUT2D eigenvalue weighted by Gasteiger charge is -1.90. The van der Waals surface area contributed by atoms with E-state index in [0.717, 1.165) is 12.3 Å². The maximum Gasteiger partial charge on any atom is 0.0742 e. The predicted octanol–water partition coefficient (Wildman–Crippen LogP) is 0.995. The summed E-state index contributed by atoms with van der Waals surface area (Å²) < 4.78 is 0. The topological polar surface area (TPSA) is 40.5 Å². The standard InChI is InChI=1S/C3H7Cl.C3H8O2/c1-2-3-4;1-3(5)2-4/h2-3H2,1H3;3-5H,2H2,1H3. The van der Waals surface area contributed by atoms with E-state index >= 15 is 0 Å². The molecule has 0 aliphatic carbocycles. The van der Waals surface area contributed by atoms with Crippen molar-refractivity contribution in [2.24, 2.45) is 0 Å². The Hall–Kier alpha value is 0.210. The largest absolute Gasteiger partial charge is 0.394 e. The van der Waals surface area contributed by atoms with E-state index in [1.807, 2.05) is 6.92 Å². The molecule has 9 heavy (non-hydrogen) atoms. The summed E-state index contributed by atoms with van der Waals surface area (Å²) in [5.41, 5.74) is 0. The van der Waals surface area contributed by atoms with E-state index in [1.54, 1.807) is 0 Å². The van der Waals surface area contributed by atoms with Crippen molar-refractivity contribution in [2.45, 2.75) is 26.4 Å². The molecule has 0 aromatic rings. The van der Waals surface area contributed by atoms with Gasteiger partial charge in [0.1, 0.15) is 0 Å². The minimum Gasteiger partial charge on any atom is -0.394 e. The molecule has 58 valence electrons. The van der Waals surface area contributed by atoms with Crippen LogP contribution in [0, 0.1) is 0 Å². The monoisotopic (exact) mass is 154 g/mol. The summed E-state index contributed by atoms with van der Waals surface area (Å²) >= 11 is 5.19. The second-order valence-corrected chi connectivity index (χ2v) is 2.10. The fourth-order valence-corrected chi connectivity index (χ4v) is 0. The van der Waals surface area contributed by atoms with Crippen LogP contribution in [-0.4, -0.2) is 28.8 Å². The van der Waals surface area contributed by atoms with Crippen LogP contribution in [0.15, 0.2) is 0 Å². The van der Waals surface area contributed by atoms with E-state index in [9.17, 15) is 0 Å². The van der Waals surface area contributed by atoms with Crippen LogP contribution in [0.4, 0.5) is 0 Å². The van der Waals surface area contributed by atoms with Gasteiger partial charge in [-0.25, -0.2) is 0 Å². The van der Waals surface area contributed by atoms with Crippen LogP contribution < -0.4 is 0 Å². The summed E-state index contributed by atoms with van der Waals surface area (Å²) in [5.74, 6) is 0.792. The molecule has 0 fully saturated rings. The SMILES string of the molecule is CC(O)CO.CCCCl. The maximum absolute atomic E-state index is 8.11. The van der Waals surface area contributed by atoms with Crippen LogP contribution in [0.1, 0.15) is 20.3 Å². The van der Waals surface area contributed by atoms with Gasteiger partial charge >= 0.3 is 0 Å². The lowest BCUT2D eigenvalue weighted by Crippen LogP contribution is -2.03. The van der Waals surface area contributed by atoms with E-state index in [2.05, 4.69) is 0 Å². The Balaban J connectivity index is 0. The van der Waals surface area contributed by atoms with Crippen LogP contribution in [0.3, 0.4) is 0 Å². The minimum atomic E-state index is -0.560. The second kappa shape index (κ2) is 11.1. The van der Waals surface area contributed by atoms with Crippen LogP contribution in [0.5, 0.6) is 0 Å². The third kappa shape index (κ3) is 30.7. The first-order valence-corrected chi connectivity index (χ1v) is 3.57. The molecular formula is C6H15ClO2. The normalized spacial score (nSPS) is 11.7. The van der Waals surface area contributed by atoms with Crippen molar-refractivity contribution in [3.05, 3.63) is 0 Å². The lowest BCUT2D eigenvalue weighted by atomic mass is 10.5. The first-order chi connectivity index (χ1) is 4.18. The number of aliphatic hydroxyl groups excluding tert-OH is 2. The molecule has 0 saturated heterocycles. The first kappa shape index (κ1) is 11.9. The highest BCUT2D eigenvalue weighted by molar-refractivity contribution is 6.17. The Bertz CT molecular complexity index is 38.0. The summed E-state index contributed by atoms with van der Waals surface area (Å²) in [5, 5.41) is 16.0. The summed E-state index contributed by atoms with van der Waals surface area (Å²) in [7, 11) is 0. The van der Waals surface area contributed by atoms with Crippen LogP contribution in [-0.2, 0) is 0 Å². The molecule has 0 radical (unpaired) electrons. The zero-order valence-corrected chi connectivity index (χ0v) is 6.73. The van der Waals surface area contributed by atoms with Crippen LogP contribution >= 0.6 is 11.6 Å². The number of hydrogen-bond acceptors (Lipinski definition) is 2. The minimum absolute atomic E-state index is 0.139. The number of halogens is 1. The molecule has 0 rings (SSSR count). The first-order valence-electron chi connectivity index (χ1n) is 3.03. The van der Waals surface area contributed by atoms with E-state index in [0.29, 0.717) is 0 Å². The van der Waals surface area contributed by atoms with Crippen LogP contribution in [0.2, 0.25) is 0 Å². The Kier molecular flexibility index (Phi) is 14.7. The number of rotatable bonds is 2. The van der Waals surface area contributed by atoms with Crippen molar-refractivity contribution in [3.8, 4) is 0 Å². The third-order valence-corrected chi connectivity index (χ3v) is 0.831. The average Bonchev–Trinajstić information content (AvgIpc) is 1.89. The molecule has 2 N–H and O–H groups in total. The van der Waals surface area contributed by atoms with Crippen molar-refractivity contribution >= 4 is 11.6 Å². The van der Waals surface area contributed by atoms with Crippen molar-refractivity contribution in [1.29, 1.82) is 0 Å². The Morgan fingerprint density at radius 1 is 1.56 bits per heavy atom. The summed E-state index contributed by atoms with van der Waals surface area (Å²) in [4.78, 5) is 0. The smallest absolute Gasteiger partial charge is 0.0742 e. The van der Waals surface area contributed by atoms with Gasteiger partial charge in [0, 0.05) is 5.88 Å². The molecule has 0 bridgehead atoms. The highest BCUT2D eigenvalue weighted by Crippen LogP contribution is 1.75. The summed E-state index contributed by atoms with van der Waals surface area (Å²) in [6.07, 6.45) is 0.525. The zero-order chi connectivity index (χ0) is 7.70. The van der Waals surface area contributed by atoms with Gasteiger partial charge in [0.2, 0.25) is 0 Å². The van der Waals surface area contributed by atoms with E-state index in [4.69, 9.17) is 21.8 Å². The van der Waals surface area contributed by atoms with Crippen molar-refractivity contribution in [3.63, 3.8) is 0 Å². The molecule has 1 unspecified atom stereocenters. The lowest BCUT2D eigenvalue weighted by molar-refractivity contribution is 0.110. The van der Waals surface area contributed by atoms with Gasteiger partial charge in [-0.05, 0) is 13.3 Å². The molecule has 0 aromatic heterocycles.